The van der Waals surface area contributed by atoms with Gasteiger partial charge in [0.1, 0.15) is 11.5 Å². The van der Waals surface area contributed by atoms with Crippen LogP contribution >= 0.6 is 0 Å². The van der Waals surface area contributed by atoms with Crippen LogP contribution in [0, 0.1) is 6.92 Å². The summed E-state index contributed by atoms with van der Waals surface area (Å²) in [5, 5.41) is 0. The predicted molar refractivity (Wildman–Crippen MR) is 56.1 cm³/mol. The zero-order valence-corrected chi connectivity index (χ0v) is 8.45. The Morgan fingerprint density at radius 1 is 1.21 bits per heavy atom. The molecule has 2 aromatic rings. The number of nitrogens with zero attached hydrogens (tertiary/aromatic N) is 1. The molecule has 0 amide bonds. The highest BCUT2D eigenvalue weighted by Gasteiger charge is 2.10. The van der Waals surface area contributed by atoms with Crippen LogP contribution in [0.2, 0.25) is 0 Å². The summed E-state index contributed by atoms with van der Waals surface area (Å²) in [7, 11) is 0. The van der Waals surface area contributed by atoms with E-state index in [-0.39, 0.29) is 0 Å². The standard InChI is InChI=1S/C12H13NO/c1-3-11-12(13-9(2)14-11)10-7-5-4-6-8-10/h4-8H,3H2,1-2H3. The van der Waals surface area contributed by atoms with Crippen molar-refractivity contribution in [1.29, 1.82) is 0 Å². The normalized spacial score (nSPS) is 10.4. The number of rotatable bonds is 2. The molecule has 0 bridgehead atoms. The van der Waals surface area contributed by atoms with Gasteiger partial charge in [-0.1, -0.05) is 37.3 Å². The molecule has 1 aromatic heterocycles. The maximum Gasteiger partial charge on any atom is 0.191 e. The van der Waals surface area contributed by atoms with E-state index in [2.05, 4.69) is 24.0 Å². The van der Waals surface area contributed by atoms with Gasteiger partial charge in [-0.05, 0) is 0 Å². The Balaban J connectivity index is 2.51. The minimum Gasteiger partial charge on any atom is -0.445 e. The van der Waals surface area contributed by atoms with Gasteiger partial charge in [-0.15, -0.1) is 0 Å². The lowest BCUT2D eigenvalue weighted by Crippen LogP contribution is -1.83. The van der Waals surface area contributed by atoms with Crippen molar-refractivity contribution in [2.45, 2.75) is 20.3 Å². The Morgan fingerprint density at radius 3 is 2.57 bits per heavy atom. The van der Waals surface area contributed by atoms with E-state index in [0.29, 0.717) is 0 Å². The van der Waals surface area contributed by atoms with Crippen molar-refractivity contribution in [2.75, 3.05) is 0 Å². The van der Waals surface area contributed by atoms with Gasteiger partial charge in [-0.25, -0.2) is 4.98 Å². The smallest absolute Gasteiger partial charge is 0.191 e. The number of hydrogen-bond donors (Lipinski definition) is 0. The molecule has 0 saturated heterocycles. The van der Waals surface area contributed by atoms with Gasteiger partial charge < -0.3 is 4.42 Å². The average Bonchev–Trinajstić information content (AvgIpc) is 2.61. The van der Waals surface area contributed by atoms with Crippen LogP contribution in [0.1, 0.15) is 18.6 Å². The summed E-state index contributed by atoms with van der Waals surface area (Å²) < 4.78 is 5.51. The molecule has 0 aliphatic heterocycles. The average molecular weight is 187 g/mol. The molecule has 0 N–H and O–H groups in total. The predicted octanol–water partition coefficient (Wildman–Crippen LogP) is 3.21. The first kappa shape index (κ1) is 9.00. The fourth-order valence-electron chi connectivity index (χ4n) is 1.53. The molecule has 0 radical (unpaired) electrons. The van der Waals surface area contributed by atoms with Crippen LogP contribution < -0.4 is 0 Å². The minimum atomic E-state index is 0.737. The van der Waals surface area contributed by atoms with Gasteiger partial charge in [-0.3, -0.25) is 0 Å². The van der Waals surface area contributed by atoms with Crippen LogP contribution in [0.15, 0.2) is 34.7 Å². The summed E-state index contributed by atoms with van der Waals surface area (Å²) in [4.78, 5) is 4.39. The van der Waals surface area contributed by atoms with Gasteiger partial charge in [0.2, 0.25) is 0 Å². The van der Waals surface area contributed by atoms with E-state index in [4.69, 9.17) is 4.42 Å². The quantitative estimate of drug-likeness (QED) is 0.721. The lowest BCUT2D eigenvalue weighted by atomic mass is 10.1. The lowest BCUT2D eigenvalue weighted by molar-refractivity contribution is 0.480. The van der Waals surface area contributed by atoms with Gasteiger partial charge >= 0.3 is 0 Å². The minimum absolute atomic E-state index is 0.737. The van der Waals surface area contributed by atoms with Crippen LogP contribution in [0.25, 0.3) is 11.3 Å². The molecule has 0 atom stereocenters. The summed E-state index contributed by atoms with van der Waals surface area (Å²) in [6, 6.07) is 10.1. The summed E-state index contributed by atoms with van der Waals surface area (Å²) in [6.07, 6.45) is 0.880. The molecule has 0 aliphatic carbocycles. The van der Waals surface area contributed by atoms with E-state index in [9.17, 15) is 0 Å². The number of aryl methyl sites for hydroxylation is 2. The molecule has 1 aromatic carbocycles. The van der Waals surface area contributed by atoms with Crippen LogP contribution in [0.5, 0.6) is 0 Å². The van der Waals surface area contributed by atoms with Crippen molar-refractivity contribution in [1.82, 2.24) is 4.98 Å². The molecule has 0 fully saturated rings. The Bertz CT molecular complexity index is 417. The summed E-state index contributed by atoms with van der Waals surface area (Å²) in [5.74, 6) is 1.70. The van der Waals surface area contributed by atoms with Crippen molar-refractivity contribution in [3.8, 4) is 11.3 Å². The Morgan fingerprint density at radius 2 is 1.93 bits per heavy atom. The third kappa shape index (κ3) is 1.55. The Kier molecular flexibility index (Phi) is 2.35. The number of oxazole rings is 1. The number of hydrogen-bond acceptors (Lipinski definition) is 2. The SMILES string of the molecule is CCc1oc(C)nc1-c1ccccc1. The van der Waals surface area contributed by atoms with Crippen molar-refractivity contribution in [3.05, 3.63) is 42.0 Å². The molecule has 0 unspecified atom stereocenters. The fourth-order valence-corrected chi connectivity index (χ4v) is 1.53. The van der Waals surface area contributed by atoms with E-state index >= 15 is 0 Å². The summed E-state index contributed by atoms with van der Waals surface area (Å²) in [5.41, 5.74) is 2.10. The summed E-state index contributed by atoms with van der Waals surface area (Å²) >= 11 is 0. The first-order valence-corrected chi connectivity index (χ1v) is 4.83. The monoisotopic (exact) mass is 187 g/mol. The second-order valence-corrected chi connectivity index (χ2v) is 3.22. The Hall–Kier alpha value is -1.57. The van der Waals surface area contributed by atoms with Crippen molar-refractivity contribution in [3.63, 3.8) is 0 Å². The van der Waals surface area contributed by atoms with Gasteiger partial charge in [0.25, 0.3) is 0 Å². The zero-order chi connectivity index (χ0) is 9.97. The molecule has 2 nitrogen and oxygen atoms in total. The second kappa shape index (κ2) is 3.66. The molecular weight excluding hydrogens is 174 g/mol. The summed E-state index contributed by atoms with van der Waals surface area (Å²) in [6.45, 7) is 3.96. The molecular formula is C12H13NO. The molecule has 1 heterocycles. The van der Waals surface area contributed by atoms with Crippen LogP contribution in [0.4, 0.5) is 0 Å². The third-order valence-electron chi connectivity index (χ3n) is 2.17. The highest BCUT2D eigenvalue weighted by molar-refractivity contribution is 5.60. The van der Waals surface area contributed by atoms with E-state index in [1.165, 1.54) is 0 Å². The largest absolute Gasteiger partial charge is 0.445 e. The second-order valence-electron chi connectivity index (χ2n) is 3.22. The fraction of sp³-hybridized carbons (Fsp3) is 0.250. The maximum atomic E-state index is 5.51. The third-order valence-corrected chi connectivity index (χ3v) is 2.17. The van der Waals surface area contributed by atoms with Crippen molar-refractivity contribution in [2.24, 2.45) is 0 Å². The van der Waals surface area contributed by atoms with E-state index in [0.717, 1.165) is 29.3 Å². The molecule has 14 heavy (non-hydrogen) atoms. The number of aromatic nitrogens is 1. The first-order valence-electron chi connectivity index (χ1n) is 4.83. The maximum absolute atomic E-state index is 5.51. The molecule has 0 spiro atoms. The topological polar surface area (TPSA) is 26.0 Å². The van der Waals surface area contributed by atoms with E-state index in [1.54, 1.807) is 0 Å². The van der Waals surface area contributed by atoms with Crippen LogP contribution in [-0.4, -0.2) is 4.98 Å². The van der Waals surface area contributed by atoms with Crippen LogP contribution in [0.3, 0.4) is 0 Å². The molecule has 2 rings (SSSR count). The van der Waals surface area contributed by atoms with Gasteiger partial charge in [-0.2, -0.15) is 0 Å². The highest BCUT2D eigenvalue weighted by atomic mass is 16.4. The van der Waals surface area contributed by atoms with Crippen molar-refractivity contribution < 1.29 is 4.42 Å². The molecule has 72 valence electrons. The van der Waals surface area contributed by atoms with Gasteiger partial charge in [0, 0.05) is 18.9 Å². The van der Waals surface area contributed by atoms with E-state index < -0.39 is 0 Å². The first-order chi connectivity index (χ1) is 6.81. The van der Waals surface area contributed by atoms with Gasteiger partial charge in [0.05, 0.1) is 0 Å². The molecule has 0 aliphatic rings. The van der Waals surface area contributed by atoms with E-state index in [1.807, 2.05) is 25.1 Å². The lowest BCUT2D eigenvalue weighted by Gasteiger charge is -1.97. The number of benzene rings is 1. The molecule has 0 saturated carbocycles. The van der Waals surface area contributed by atoms with Crippen LogP contribution in [-0.2, 0) is 6.42 Å². The Labute approximate surface area is 83.6 Å². The van der Waals surface area contributed by atoms with Crippen molar-refractivity contribution >= 4 is 0 Å². The molecule has 2 heteroatoms. The van der Waals surface area contributed by atoms with Gasteiger partial charge in [0.15, 0.2) is 5.89 Å². The zero-order valence-electron chi connectivity index (χ0n) is 8.45. The highest BCUT2D eigenvalue weighted by Crippen LogP contribution is 2.23.